The number of rotatable bonds is 6. The summed E-state index contributed by atoms with van der Waals surface area (Å²) in [4.78, 5) is 18.5. The van der Waals surface area contributed by atoms with Gasteiger partial charge in [0.05, 0.1) is 6.04 Å². The highest BCUT2D eigenvalue weighted by Crippen LogP contribution is 2.40. The van der Waals surface area contributed by atoms with Crippen LogP contribution in [0.25, 0.3) is 0 Å². The van der Waals surface area contributed by atoms with E-state index in [0.717, 1.165) is 21.9 Å². The molecule has 30 heavy (non-hydrogen) atoms. The molecular weight excluding hydrogens is 390 g/mol. The molecule has 2 N–H and O–H groups in total. The van der Waals surface area contributed by atoms with Crippen molar-refractivity contribution in [2.75, 3.05) is 10.6 Å². The highest BCUT2D eigenvalue weighted by atomic mass is 32.1. The lowest BCUT2D eigenvalue weighted by atomic mass is 9.96. The summed E-state index contributed by atoms with van der Waals surface area (Å²) in [6.45, 7) is 4.19. The van der Waals surface area contributed by atoms with Crippen LogP contribution in [0.15, 0.2) is 85.1 Å². The Kier molecular flexibility index (Phi) is 5.91. The van der Waals surface area contributed by atoms with Gasteiger partial charge in [0.1, 0.15) is 10.8 Å². The van der Waals surface area contributed by atoms with Crippen LogP contribution < -0.4 is 10.6 Å². The van der Waals surface area contributed by atoms with Gasteiger partial charge in [-0.15, -0.1) is 11.3 Å². The van der Waals surface area contributed by atoms with Crippen molar-refractivity contribution in [3.63, 3.8) is 0 Å². The van der Waals surface area contributed by atoms with Crippen LogP contribution in [0.3, 0.4) is 0 Å². The van der Waals surface area contributed by atoms with E-state index in [4.69, 9.17) is 0 Å². The minimum Gasteiger partial charge on any atom is -0.359 e. The summed E-state index contributed by atoms with van der Waals surface area (Å²) in [5, 5.41) is 7.56. The molecule has 2 heterocycles. The van der Waals surface area contributed by atoms with Gasteiger partial charge in [-0.2, -0.15) is 0 Å². The summed E-state index contributed by atoms with van der Waals surface area (Å²) in [5.74, 6) is 0.678. The van der Waals surface area contributed by atoms with Crippen LogP contribution in [0.4, 0.5) is 10.8 Å². The summed E-state index contributed by atoms with van der Waals surface area (Å²) >= 11 is 1.61. The molecule has 0 radical (unpaired) electrons. The van der Waals surface area contributed by atoms with E-state index >= 15 is 0 Å². The maximum atomic E-state index is 12.9. The molecule has 0 aliphatic heterocycles. The van der Waals surface area contributed by atoms with Gasteiger partial charge in [0.2, 0.25) is 0 Å². The molecule has 1 amide bonds. The molecule has 0 saturated carbocycles. The van der Waals surface area contributed by atoms with Crippen LogP contribution in [0.2, 0.25) is 0 Å². The van der Waals surface area contributed by atoms with Crippen LogP contribution in [-0.4, -0.2) is 10.9 Å². The lowest BCUT2D eigenvalue weighted by molar-refractivity contribution is 0.102. The summed E-state index contributed by atoms with van der Waals surface area (Å²) in [6, 6.07) is 25.2. The molecule has 2 aromatic carbocycles. The number of nitrogens with one attached hydrogen (secondary N) is 2. The van der Waals surface area contributed by atoms with Crippen molar-refractivity contribution in [3.8, 4) is 0 Å². The van der Waals surface area contributed by atoms with Gasteiger partial charge < -0.3 is 10.6 Å². The normalized spacial score (nSPS) is 11.7. The van der Waals surface area contributed by atoms with Crippen LogP contribution in [0.5, 0.6) is 0 Å². The number of anilines is 2. The average molecular weight is 414 g/mol. The second-order valence-electron chi connectivity index (χ2n) is 7.05. The van der Waals surface area contributed by atoms with E-state index in [9.17, 15) is 4.79 Å². The third-order valence-electron chi connectivity index (χ3n) is 5.07. The van der Waals surface area contributed by atoms with Crippen molar-refractivity contribution < 1.29 is 4.79 Å². The van der Waals surface area contributed by atoms with E-state index in [1.165, 1.54) is 10.4 Å². The molecule has 1 atom stereocenters. The third-order valence-corrected chi connectivity index (χ3v) is 6.21. The van der Waals surface area contributed by atoms with Crippen LogP contribution in [-0.2, 0) is 0 Å². The SMILES string of the molecule is Cc1sc(NC(=O)c2ccccc2)c([C@@H](Nc2ccccn2)c2ccccc2)c1C. The fraction of sp³-hybridized carbons (Fsp3) is 0.120. The number of amides is 1. The first-order valence-corrected chi connectivity index (χ1v) is 10.6. The van der Waals surface area contributed by atoms with Gasteiger partial charge in [0.25, 0.3) is 5.91 Å². The Bertz CT molecular complexity index is 1130. The molecule has 4 nitrogen and oxygen atoms in total. The van der Waals surface area contributed by atoms with E-state index in [0.29, 0.717) is 5.56 Å². The standard InChI is InChI=1S/C25H23N3OS/c1-17-18(2)30-25(28-24(29)20-13-7-4-8-14-20)22(17)23(19-11-5-3-6-12-19)27-21-15-9-10-16-26-21/h3-16,23H,1-2H3,(H,26,27)(H,28,29)/t23-/m0/s1. The van der Waals surface area contributed by atoms with Crippen LogP contribution in [0.1, 0.15) is 38.0 Å². The molecule has 150 valence electrons. The maximum absolute atomic E-state index is 12.9. The zero-order valence-corrected chi connectivity index (χ0v) is 17.7. The molecule has 0 fully saturated rings. The Morgan fingerprint density at radius 3 is 2.23 bits per heavy atom. The Labute approximate surface area is 180 Å². The quantitative estimate of drug-likeness (QED) is 0.395. The van der Waals surface area contributed by atoms with Crippen molar-refractivity contribution in [1.29, 1.82) is 0 Å². The first-order chi connectivity index (χ1) is 14.6. The molecule has 0 aliphatic carbocycles. The van der Waals surface area contributed by atoms with E-state index in [-0.39, 0.29) is 11.9 Å². The fourth-order valence-electron chi connectivity index (χ4n) is 3.41. The summed E-state index contributed by atoms with van der Waals surface area (Å²) in [5.41, 5.74) is 3.99. The molecule has 0 bridgehead atoms. The number of hydrogen-bond acceptors (Lipinski definition) is 4. The third kappa shape index (κ3) is 4.26. The Balaban J connectivity index is 1.76. The van der Waals surface area contributed by atoms with Gasteiger partial charge in [-0.05, 0) is 49.2 Å². The predicted molar refractivity (Wildman–Crippen MR) is 124 cm³/mol. The number of pyridine rings is 1. The number of benzene rings is 2. The number of aromatic nitrogens is 1. The van der Waals surface area contributed by atoms with Crippen molar-refractivity contribution in [1.82, 2.24) is 4.98 Å². The second kappa shape index (κ2) is 8.93. The van der Waals surface area contributed by atoms with Crippen molar-refractivity contribution in [3.05, 3.63) is 112 Å². The molecule has 2 aromatic heterocycles. The minimum absolute atomic E-state index is 0.109. The molecule has 0 unspecified atom stereocenters. The molecule has 4 aromatic rings. The number of aryl methyl sites for hydroxylation is 1. The zero-order valence-electron chi connectivity index (χ0n) is 16.9. The Morgan fingerprint density at radius 1 is 0.900 bits per heavy atom. The number of thiophene rings is 1. The molecule has 0 spiro atoms. The Morgan fingerprint density at radius 2 is 1.57 bits per heavy atom. The van der Waals surface area contributed by atoms with Crippen molar-refractivity contribution in [2.24, 2.45) is 0 Å². The summed E-state index contributed by atoms with van der Waals surface area (Å²) < 4.78 is 0. The lowest BCUT2D eigenvalue weighted by Crippen LogP contribution is -2.17. The Hall–Kier alpha value is -3.44. The van der Waals surface area contributed by atoms with Gasteiger partial charge in [-0.3, -0.25) is 4.79 Å². The maximum Gasteiger partial charge on any atom is 0.256 e. The van der Waals surface area contributed by atoms with E-state index in [1.54, 1.807) is 17.5 Å². The number of nitrogens with zero attached hydrogens (tertiary/aromatic N) is 1. The van der Waals surface area contributed by atoms with Crippen LogP contribution >= 0.6 is 11.3 Å². The second-order valence-corrected chi connectivity index (χ2v) is 8.27. The predicted octanol–water partition coefficient (Wildman–Crippen LogP) is 6.21. The van der Waals surface area contributed by atoms with Gasteiger partial charge >= 0.3 is 0 Å². The van der Waals surface area contributed by atoms with Gasteiger partial charge in [0, 0.05) is 22.2 Å². The summed E-state index contributed by atoms with van der Waals surface area (Å²) in [7, 11) is 0. The minimum atomic E-state index is -0.142. The number of hydrogen-bond donors (Lipinski definition) is 2. The zero-order chi connectivity index (χ0) is 20.9. The number of carbonyl (C=O) groups is 1. The molecule has 5 heteroatoms. The van der Waals surface area contributed by atoms with Crippen LogP contribution in [0, 0.1) is 13.8 Å². The van der Waals surface area contributed by atoms with Crippen molar-refractivity contribution >= 4 is 28.1 Å². The van der Waals surface area contributed by atoms with E-state index < -0.39 is 0 Å². The van der Waals surface area contributed by atoms with Gasteiger partial charge in [-0.25, -0.2) is 4.98 Å². The highest BCUT2D eigenvalue weighted by molar-refractivity contribution is 7.16. The lowest BCUT2D eigenvalue weighted by Gasteiger charge is -2.22. The fourth-order valence-corrected chi connectivity index (χ4v) is 4.51. The first kappa shape index (κ1) is 19.9. The highest BCUT2D eigenvalue weighted by Gasteiger charge is 2.25. The largest absolute Gasteiger partial charge is 0.359 e. The summed E-state index contributed by atoms with van der Waals surface area (Å²) in [6.07, 6.45) is 1.77. The van der Waals surface area contributed by atoms with Gasteiger partial charge in [0.15, 0.2) is 0 Å². The van der Waals surface area contributed by atoms with E-state index in [2.05, 4.69) is 41.6 Å². The molecule has 0 aliphatic rings. The molecular formula is C25H23N3OS. The average Bonchev–Trinajstić information content (AvgIpc) is 3.07. The molecule has 0 saturated heterocycles. The topological polar surface area (TPSA) is 54.0 Å². The number of carbonyl (C=O) groups excluding carboxylic acids is 1. The van der Waals surface area contributed by atoms with Gasteiger partial charge in [-0.1, -0.05) is 54.6 Å². The monoisotopic (exact) mass is 413 g/mol. The molecule has 4 rings (SSSR count). The van der Waals surface area contributed by atoms with Crippen molar-refractivity contribution in [2.45, 2.75) is 19.9 Å². The van der Waals surface area contributed by atoms with E-state index in [1.807, 2.05) is 66.7 Å². The first-order valence-electron chi connectivity index (χ1n) is 9.82. The smallest absolute Gasteiger partial charge is 0.256 e.